The molecule has 0 fully saturated rings. The predicted molar refractivity (Wildman–Crippen MR) is 85.2 cm³/mol. The van der Waals surface area contributed by atoms with Crippen LogP contribution in [-0.2, 0) is 16.1 Å². The van der Waals surface area contributed by atoms with Crippen LogP contribution in [0.15, 0.2) is 41.0 Å². The summed E-state index contributed by atoms with van der Waals surface area (Å²) in [5, 5.41) is 7.14. The van der Waals surface area contributed by atoms with Crippen LogP contribution in [0.3, 0.4) is 0 Å². The summed E-state index contributed by atoms with van der Waals surface area (Å²) in [6.45, 7) is 1.19. The molecule has 112 valence electrons. The van der Waals surface area contributed by atoms with Gasteiger partial charge in [0.05, 0.1) is 12.7 Å². The summed E-state index contributed by atoms with van der Waals surface area (Å²) in [6, 6.07) is 9.75. The van der Waals surface area contributed by atoms with E-state index in [2.05, 4.69) is 26.3 Å². The van der Waals surface area contributed by atoms with E-state index >= 15 is 0 Å². The maximum Gasteiger partial charge on any atom is 0.225 e. The van der Waals surface area contributed by atoms with Gasteiger partial charge in [0, 0.05) is 30.7 Å². The zero-order valence-corrected chi connectivity index (χ0v) is 13.5. The number of hydrogen-bond acceptors (Lipinski definition) is 3. The van der Waals surface area contributed by atoms with E-state index in [4.69, 9.17) is 4.74 Å². The fourth-order valence-electron chi connectivity index (χ4n) is 1.94. The van der Waals surface area contributed by atoms with E-state index in [-0.39, 0.29) is 5.91 Å². The fraction of sp³-hybridized carbons (Fsp3) is 0.333. The molecule has 1 amide bonds. The van der Waals surface area contributed by atoms with Crippen molar-refractivity contribution in [1.82, 2.24) is 9.78 Å². The molecule has 0 aliphatic carbocycles. The molecule has 21 heavy (non-hydrogen) atoms. The van der Waals surface area contributed by atoms with Crippen molar-refractivity contribution >= 4 is 27.7 Å². The lowest BCUT2D eigenvalue weighted by molar-refractivity contribution is -0.116. The van der Waals surface area contributed by atoms with Crippen LogP contribution in [0.25, 0.3) is 0 Å². The van der Waals surface area contributed by atoms with Crippen molar-refractivity contribution in [2.24, 2.45) is 0 Å². The summed E-state index contributed by atoms with van der Waals surface area (Å²) in [4.78, 5) is 11.8. The number of halogens is 1. The monoisotopic (exact) mass is 351 g/mol. The van der Waals surface area contributed by atoms with Gasteiger partial charge in [-0.3, -0.25) is 4.79 Å². The van der Waals surface area contributed by atoms with Crippen molar-refractivity contribution in [3.05, 3.63) is 46.6 Å². The summed E-state index contributed by atoms with van der Waals surface area (Å²) in [5.41, 5.74) is 1.11. The second kappa shape index (κ2) is 7.95. The van der Waals surface area contributed by atoms with Gasteiger partial charge in [0.15, 0.2) is 0 Å². The van der Waals surface area contributed by atoms with E-state index in [1.54, 1.807) is 24.1 Å². The van der Waals surface area contributed by atoms with Gasteiger partial charge in [0.2, 0.25) is 5.91 Å². The van der Waals surface area contributed by atoms with Crippen molar-refractivity contribution in [2.45, 2.75) is 19.4 Å². The molecule has 1 aromatic carbocycles. The molecular weight excluding hydrogens is 334 g/mol. The Labute approximate surface area is 132 Å². The highest BCUT2D eigenvalue weighted by molar-refractivity contribution is 9.10. The van der Waals surface area contributed by atoms with Gasteiger partial charge in [0.25, 0.3) is 0 Å². The molecule has 1 aromatic heterocycles. The first-order valence-corrected chi connectivity index (χ1v) is 7.54. The average molecular weight is 352 g/mol. The molecule has 6 heteroatoms. The third-order valence-corrected chi connectivity index (χ3v) is 3.79. The molecule has 0 aliphatic heterocycles. The number of rotatable bonds is 7. The van der Waals surface area contributed by atoms with Crippen molar-refractivity contribution in [3.63, 3.8) is 0 Å². The molecule has 0 aliphatic rings. The zero-order chi connectivity index (χ0) is 15.1. The number of benzene rings is 1. The van der Waals surface area contributed by atoms with Crippen LogP contribution in [0, 0.1) is 0 Å². The second-order valence-electron chi connectivity index (χ2n) is 4.61. The van der Waals surface area contributed by atoms with Gasteiger partial charge < -0.3 is 10.1 Å². The van der Waals surface area contributed by atoms with Gasteiger partial charge in [-0.25, -0.2) is 4.68 Å². The smallest absolute Gasteiger partial charge is 0.225 e. The SMILES string of the molecule is COCCCC(=O)Nc1ccnn1Cc1ccccc1Br. The number of ether oxygens (including phenoxy) is 1. The molecule has 0 bridgehead atoms. The molecule has 5 nitrogen and oxygen atoms in total. The van der Waals surface area contributed by atoms with Crippen LogP contribution >= 0.6 is 15.9 Å². The minimum absolute atomic E-state index is 0.0269. The average Bonchev–Trinajstić information content (AvgIpc) is 2.89. The van der Waals surface area contributed by atoms with E-state index in [0.717, 1.165) is 10.0 Å². The lowest BCUT2D eigenvalue weighted by Crippen LogP contribution is -2.16. The van der Waals surface area contributed by atoms with E-state index in [0.29, 0.717) is 31.8 Å². The molecule has 2 aromatic rings. The number of nitrogens with one attached hydrogen (secondary N) is 1. The lowest BCUT2D eigenvalue weighted by Gasteiger charge is -2.10. The summed E-state index contributed by atoms with van der Waals surface area (Å²) >= 11 is 3.52. The number of carbonyl (C=O) groups excluding carboxylic acids is 1. The number of aromatic nitrogens is 2. The third-order valence-electron chi connectivity index (χ3n) is 3.01. The maximum absolute atomic E-state index is 11.8. The molecule has 1 N–H and O–H groups in total. The first-order chi connectivity index (χ1) is 10.2. The number of nitrogens with zero attached hydrogens (tertiary/aromatic N) is 2. The predicted octanol–water partition coefficient (Wildman–Crippen LogP) is 3.06. The van der Waals surface area contributed by atoms with Gasteiger partial charge in [-0.15, -0.1) is 0 Å². The van der Waals surface area contributed by atoms with Crippen molar-refractivity contribution in [2.75, 3.05) is 19.0 Å². The van der Waals surface area contributed by atoms with E-state index in [1.165, 1.54) is 0 Å². The molecule has 0 spiro atoms. The van der Waals surface area contributed by atoms with Crippen molar-refractivity contribution in [3.8, 4) is 0 Å². The Morgan fingerprint density at radius 2 is 2.19 bits per heavy atom. The summed E-state index contributed by atoms with van der Waals surface area (Å²) < 4.78 is 7.74. The van der Waals surface area contributed by atoms with E-state index in [1.807, 2.05) is 24.3 Å². The van der Waals surface area contributed by atoms with Crippen molar-refractivity contribution < 1.29 is 9.53 Å². The van der Waals surface area contributed by atoms with Gasteiger partial charge in [-0.2, -0.15) is 5.10 Å². The highest BCUT2D eigenvalue weighted by Crippen LogP contribution is 2.18. The number of anilines is 1. The molecule has 0 saturated heterocycles. The van der Waals surface area contributed by atoms with E-state index in [9.17, 15) is 4.79 Å². The van der Waals surface area contributed by atoms with Crippen LogP contribution in [0.2, 0.25) is 0 Å². The highest BCUT2D eigenvalue weighted by atomic mass is 79.9. The molecule has 2 rings (SSSR count). The first kappa shape index (κ1) is 15.7. The van der Waals surface area contributed by atoms with Crippen LogP contribution in [0.4, 0.5) is 5.82 Å². The normalized spacial score (nSPS) is 10.6. The quantitative estimate of drug-likeness (QED) is 0.780. The number of methoxy groups -OCH3 is 1. The minimum atomic E-state index is -0.0269. The Kier molecular flexibility index (Phi) is 5.95. The number of carbonyl (C=O) groups is 1. The minimum Gasteiger partial charge on any atom is -0.385 e. The zero-order valence-electron chi connectivity index (χ0n) is 11.9. The largest absolute Gasteiger partial charge is 0.385 e. The van der Waals surface area contributed by atoms with Crippen LogP contribution < -0.4 is 5.32 Å². The van der Waals surface area contributed by atoms with Gasteiger partial charge in [-0.05, 0) is 18.1 Å². The molecule has 0 radical (unpaired) electrons. The van der Waals surface area contributed by atoms with Crippen LogP contribution in [-0.4, -0.2) is 29.4 Å². The van der Waals surface area contributed by atoms with Crippen molar-refractivity contribution in [1.29, 1.82) is 0 Å². The standard InChI is InChI=1S/C15H18BrN3O2/c1-21-10-4-7-15(20)18-14-8-9-17-19(14)11-12-5-2-3-6-13(12)16/h2-3,5-6,8-9H,4,7,10-11H2,1H3,(H,18,20). The lowest BCUT2D eigenvalue weighted by atomic mass is 10.2. The Hall–Kier alpha value is -1.66. The maximum atomic E-state index is 11.8. The fourth-order valence-corrected chi connectivity index (χ4v) is 2.35. The molecule has 0 atom stereocenters. The second-order valence-corrected chi connectivity index (χ2v) is 5.46. The number of amides is 1. The Bertz CT molecular complexity index is 598. The topological polar surface area (TPSA) is 56.1 Å². The summed E-state index contributed by atoms with van der Waals surface area (Å²) in [7, 11) is 1.63. The third kappa shape index (κ3) is 4.68. The number of hydrogen-bond donors (Lipinski definition) is 1. The Balaban J connectivity index is 1.99. The van der Waals surface area contributed by atoms with Gasteiger partial charge in [-0.1, -0.05) is 34.1 Å². The Morgan fingerprint density at radius 1 is 1.38 bits per heavy atom. The highest BCUT2D eigenvalue weighted by Gasteiger charge is 2.08. The molecule has 0 unspecified atom stereocenters. The van der Waals surface area contributed by atoms with Gasteiger partial charge >= 0.3 is 0 Å². The first-order valence-electron chi connectivity index (χ1n) is 6.74. The Morgan fingerprint density at radius 3 is 2.95 bits per heavy atom. The van der Waals surface area contributed by atoms with Gasteiger partial charge in [0.1, 0.15) is 5.82 Å². The molecule has 0 saturated carbocycles. The van der Waals surface area contributed by atoms with Crippen LogP contribution in [0.5, 0.6) is 0 Å². The van der Waals surface area contributed by atoms with Crippen LogP contribution in [0.1, 0.15) is 18.4 Å². The molecular formula is C15H18BrN3O2. The van der Waals surface area contributed by atoms with E-state index < -0.39 is 0 Å². The molecule has 1 heterocycles. The summed E-state index contributed by atoms with van der Waals surface area (Å²) in [6.07, 6.45) is 2.83. The summed E-state index contributed by atoms with van der Waals surface area (Å²) in [5.74, 6) is 0.675.